The molecule has 2 rings (SSSR count). The summed E-state index contributed by atoms with van der Waals surface area (Å²) in [5.74, 6) is 1.41. The minimum Gasteiger partial charge on any atom is -0.496 e. The van der Waals surface area contributed by atoms with E-state index in [0.29, 0.717) is 11.3 Å². The van der Waals surface area contributed by atoms with E-state index in [4.69, 9.17) is 9.47 Å². The van der Waals surface area contributed by atoms with Crippen molar-refractivity contribution in [1.82, 2.24) is 0 Å². The van der Waals surface area contributed by atoms with Gasteiger partial charge in [0.1, 0.15) is 17.6 Å². The van der Waals surface area contributed by atoms with Crippen LogP contribution in [0.25, 0.3) is 0 Å². The van der Waals surface area contributed by atoms with Crippen LogP contribution in [-0.4, -0.2) is 19.5 Å². The molecule has 0 N–H and O–H groups in total. The Morgan fingerprint density at radius 2 is 2.38 bits per heavy atom. The highest BCUT2D eigenvalue weighted by Crippen LogP contribution is 2.39. The van der Waals surface area contributed by atoms with Gasteiger partial charge in [0.25, 0.3) is 0 Å². The Bertz CT molecular complexity index is 449. The average molecular weight is 218 g/mol. The maximum Gasteiger partial charge on any atom is 0.153 e. The normalized spacial score (nSPS) is 17.5. The zero-order valence-electron chi connectivity index (χ0n) is 9.45. The summed E-state index contributed by atoms with van der Waals surface area (Å²) in [6, 6.07) is 3.52. The Morgan fingerprint density at radius 3 is 2.94 bits per heavy atom. The molecule has 0 radical (unpaired) electrons. The Kier molecular flexibility index (Phi) is 2.69. The highest BCUT2D eigenvalue weighted by atomic mass is 16.5. The van der Waals surface area contributed by atoms with Gasteiger partial charge in [-0.1, -0.05) is 6.58 Å². The van der Waals surface area contributed by atoms with E-state index in [0.717, 1.165) is 29.6 Å². The lowest BCUT2D eigenvalue weighted by Gasteiger charge is -2.08. The number of ether oxygens (including phenoxy) is 2. The van der Waals surface area contributed by atoms with Crippen LogP contribution >= 0.6 is 0 Å². The molecule has 0 saturated heterocycles. The largest absolute Gasteiger partial charge is 0.496 e. The first-order valence-corrected chi connectivity index (χ1v) is 5.14. The zero-order valence-corrected chi connectivity index (χ0v) is 9.45. The molecule has 1 heterocycles. The van der Waals surface area contributed by atoms with Crippen molar-refractivity contribution in [3.8, 4) is 11.5 Å². The Labute approximate surface area is 94.7 Å². The molecule has 0 amide bonds. The maximum absolute atomic E-state index is 10.9. The van der Waals surface area contributed by atoms with Crippen LogP contribution in [0, 0.1) is 0 Å². The third kappa shape index (κ3) is 1.58. The number of hydrogen-bond acceptors (Lipinski definition) is 3. The maximum atomic E-state index is 10.9. The van der Waals surface area contributed by atoms with Crippen LogP contribution in [-0.2, 0) is 6.42 Å². The van der Waals surface area contributed by atoms with Crippen LogP contribution in [0.4, 0.5) is 0 Å². The van der Waals surface area contributed by atoms with Gasteiger partial charge in [-0.2, -0.15) is 0 Å². The van der Waals surface area contributed by atoms with Gasteiger partial charge in [-0.05, 0) is 24.6 Å². The van der Waals surface area contributed by atoms with Crippen LogP contribution in [0.15, 0.2) is 24.3 Å². The van der Waals surface area contributed by atoms with Gasteiger partial charge in [0, 0.05) is 12.0 Å². The number of carbonyl (C=O) groups is 1. The Morgan fingerprint density at radius 1 is 1.62 bits per heavy atom. The third-order valence-corrected chi connectivity index (χ3v) is 2.79. The fourth-order valence-corrected chi connectivity index (χ4v) is 1.92. The van der Waals surface area contributed by atoms with E-state index in [1.807, 2.05) is 13.0 Å². The van der Waals surface area contributed by atoms with Gasteiger partial charge < -0.3 is 9.47 Å². The van der Waals surface area contributed by atoms with Crippen molar-refractivity contribution in [2.24, 2.45) is 0 Å². The highest BCUT2D eigenvalue weighted by Gasteiger charge is 2.27. The molecule has 3 heteroatoms. The van der Waals surface area contributed by atoms with Gasteiger partial charge in [0.05, 0.1) is 12.7 Å². The lowest BCUT2D eigenvalue weighted by molar-refractivity contribution is 0.112. The lowest BCUT2D eigenvalue weighted by Crippen LogP contribution is -2.13. The zero-order chi connectivity index (χ0) is 11.7. The molecule has 0 fully saturated rings. The number of rotatable bonds is 3. The smallest absolute Gasteiger partial charge is 0.153 e. The Balaban J connectivity index is 2.45. The molecule has 1 aliphatic rings. The fraction of sp³-hybridized carbons (Fsp3) is 0.308. The summed E-state index contributed by atoms with van der Waals surface area (Å²) in [4.78, 5) is 10.9. The number of fused-ring (bicyclic) bond motifs is 1. The summed E-state index contributed by atoms with van der Waals surface area (Å²) >= 11 is 0. The first-order chi connectivity index (χ1) is 7.67. The van der Waals surface area contributed by atoms with Crippen LogP contribution in [0.5, 0.6) is 11.5 Å². The quantitative estimate of drug-likeness (QED) is 0.577. The summed E-state index contributed by atoms with van der Waals surface area (Å²) in [5, 5.41) is 0. The summed E-state index contributed by atoms with van der Waals surface area (Å²) in [6.07, 6.45) is 1.51. The van der Waals surface area contributed by atoms with Crippen molar-refractivity contribution in [3.63, 3.8) is 0 Å². The van der Waals surface area contributed by atoms with E-state index in [1.165, 1.54) is 0 Å². The molecule has 1 atom stereocenters. The second-order valence-corrected chi connectivity index (χ2v) is 3.94. The second-order valence-electron chi connectivity index (χ2n) is 3.94. The molecule has 0 spiro atoms. The van der Waals surface area contributed by atoms with Crippen molar-refractivity contribution in [2.75, 3.05) is 7.11 Å². The first-order valence-electron chi connectivity index (χ1n) is 5.14. The van der Waals surface area contributed by atoms with E-state index in [1.54, 1.807) is 13.2 Å². The van der Waals surface area contributed by atoms with Crippen molar-refractivity contribution < 1.29 is 14.3 Å². The minimum absolute atomic E-state index is 0.00852. The summed E-state index contributed by atoms with van der Waals surface area (Å²) < 4.78 is 11.0. The van der Waals surface area contributed by atoms with Gasteiger partial charge in [-0.3, -0.25) is 4.79 Å². The fourth-order valence-electron chi connectivity index (χ4n) is 1.92. The van der Waals surface area contributed by atoms with E-state index in [9.17, 15) is 4.79 Å². The molecule has 0 bridgehead atoms. The van der Waals surface area contributed by atoms with Crippen LogP contribution in [0.1, 0.15) is 22.8 Å². The predicted molar refractivity (Wildman–Crippen MR) is 61.3 cm³/mol. The average Bonchev–Trinajstić information content (AvgIpc) is 2.71. The molecular formula is C13H14O3. The highest BCUT2D eigenvalue weighted by molar-refractivity contribution is 5.81. The van der Waals surface area contributed by atoms with Gasteiger partial charge in [-0.15, -0.1) is 0 Å². The molecular weight excluding hydrogens is 204 g/mol. The molecule has 3 nitrogen and oxygen atoms in total. The number of carbonyl (C=O) groups excluding carboxylic acids is 1. The minimum atomic E-state index is -0.00852. The number of aldehydes is 1. The second kappa shape index (κ2) is 4.00. The lowest BCUT2D eigenvalue weighted by atomic mass is 10.0. The van der Waals surface area contributed by atoms with Gasteiger partial charge in [0.15, 0.2) is 6.29 Å². The standard InChI is InChI=1S/C13H14O3/c1-8(2)12-6-10-11(16-12)5-4-9(7-14)13(10)15-3/h4-5,7,12H,1,6H2,2-3H3. The van der Waals surface area contributed by atoms with E-state index in [-0.39, 0.29) is 6.10 Å². The van der Waals surface area contributed by atoms with Crippen molar-refractivity contribution in [2.45, 2.75) is 19.4 Å². The number of hydrogen-bond donors (Lipinski definition) is 0. The van der Waals surface area contributed by atoms with Crippen LogP contribution in [0.3, 0.4) is 0 Å². The van der Waals surface area contributed by atoms with Crippen molar-refractivity contribution in [3.05, 3.63) is 35.4 Å². The van der Waals surface area contributed by atoms with E-state index >= 15 is 0 Å². The van der Waals surface area contributed by atoms with Crippen molar-refractivity contribution >= 4 is 6.29 Å². The topological polar surface area (TPSA) is 35.5 Å². The summed E-state index contributed by atoms with van der Waals surface area (Å²) in [7, 11) is 1.57. The molecule has 84 valence electrons. The summed E-state index contributed by atoms with van der Waals surface area (Å²) in [5.41, 5.74) is 2.50. The van der Waals surface area contributed by atoms with E-state index < -0.39 is 0 Å². The molecule has 0 aliphatic carbocycles. The molecule has 0 aromatic heterocycles. The SMILES string of the molecule is C=C(C)C1Cc2c(ccc(C=O)c2OC)O1. The monoisotopic (exact) mass is 218 g/mol. The molecule has 1 aromatic rings. The molecule has 16 heavy (non-hydrogen) atoms. The Hall–Kier alpha value is -1.77. The first kappa shape index (κ1) is 10.7. The molecule has 1 unspecified atom stereocenters. The third-order valence-electron chi connectivity index (χ3n) is 2.79. The van der Waals surface area contributed by atoms with Gasteiger partial charge in [0.2, 0.25) is 0 Å². The van der Waals surface area contributed by atoms with Crippen LogP contribution in [0.2, 0.25) is 0 Å². The number of benzene rings is 1. The predicted octanol–water partition coefficient (Wildman–Crippen LogP) is 2.39. The van der Waals surface area contributed by atoms with Crippen LogP contribution < -0.4 is 9.47 Å². The van der Waals surface area contributed by atoms with Gasteiger partial charge in [-0.25, -0.2) is 0 Å². The summed E-state index contributed by atoms with van der Waals surface area (Å²) in [6.45, 7) is 5.82. The molecule has 0 saturated carbocycles. The molecule has 1 aliphatic heterocycles. The molecule has 1 aromatic carbocycles. The number of methoxy groups -OCH3 is 1. The van der Waals surface area contributed by atoms with E-state index in [2.05, 4.69) is 6.58 Å². The van der Waals surface area contributed by atoms with Crippen molar-refractivity contribution in [1.29, 1.82) is 0 Å². The van der Waals surface area contributed by atoms with Gasteiger partial charge >= 0.3 is 0 Å².